The Labute approximate surface area is 138 Å². The van der Waals surface area contributed by atoms with Crippen LogP contribution in [0.1, 0.15) is 91.9 Å². The van der Waals surface area contributed by atoms with E-state index in [-0.39, 0.29) is 21.7 Å². The normalized spacial score (nSPS) is 15.4. The summed E-state index contributed by atoms with van der Waals surface area (Å²) in [5, 5.41) is 0. The largest absolute Gasteiger partial charge is 4.00 e. The summed E-state index contributed by atoms with van der Waals surface area (Å²) in [7, 11) is 0. The Morgan fingerprint density at radius 2 is 0.526 bits per heavy atom. The molecule has 2 aliphatic rings. The van der Waals surface area contributed by atoms with E-state index >= 15 is 0 Å². The zero-order valence-electron chi connectivity index (χ0n) is 13.7. The predicted molar refractivity (Wildman–Crippen MR) is 84.5 cm³/mol. The van der Waals surface area contributed by atoms with E-state index in [9.17, 15) is 0 Å². The van der Waals surface area contributed by atoms with Crippen molar-refractivity contribution in [2.24, 2.45) is 0 Å². The van der Waals surface area contributed by atoms with Gasteiger partial charge in [0.1, 0.15) is 0 Å². The molecule has 0 saturated heterocycles. The summed E-state index contributed by atoms with van der Waals surface area (Å²) in [5.74, 6) is 0. The molecule has 0 bridgehead atoms. The fourth-order valence-corrected chi connectivity index (χ4v) is 1.77. The predicted octanol–water partition coefficient (Wildman–Crippen LogP) is 6.67. The van der Waals surface area contributed by atoms with Crippen LogP contribution in [0.5, 0.6) is 0 Å². The van der Waals surface area contributed by atoms with E-state index in [2.05, 4.69) is 0 Å². The Morgan fingerprint density at radius 3 is 0.579 bits per heavy atom. The van der Waals surface area contributed by atoms with Gasteiger partial charge in [0.15, 0.2) is 0 Å². The van der Waals surface area contributed by atoms with E-state index < -0.39 is 0 Å². The first-order valence-electron chi connectivity index (χ1n) is 7.58. The summed E-state index contributed by atoms with van der Waals surface area (Å²) in [6.07, 6.45) is 15.0. The molecule has 0 aliphatic heterocycles. The van der Waals surface area contributed by atoms with Crippen molar-refractivity contribution in [3.63, 3.8) is 0 Å². The van der Waals surface area contributed by atoms with Crippen LogP contribution in [0.3, 0.4) is 0 Å². The van der Waals surface area contributed by atoms with Gasteiger partial charge in [-0.15, -0.1) is 0 Å². The average Bonchev–Trinajstić information content (AvgIpc) is 2.96. The summed E-state index contributed by atoms with van der Waals surface area (Å²) in [6.45, 7) is 17.5. The molecule has 0 nitrogen and oxygen atoms in total. The maximum absolute atomic E-state index is 5.03. The van der Waals surface area contributed by atoms with Crippen LogP contribution in [0, 0.1) is 13.2 Å². The van der Waals surface area contributed by atoms with Gasteiger partial charge in [0.05, 0.1) is 0 Å². The van der Waals surface area contributed by atoms with E-state index in [0.717, 1.165) is 11.1 Å². The van der Waals surface area contributed by atoms with Gasteiger partial charge in [-0.05, 0) is 0 Å². The molecule has 19 heavy (non-hydrogen) atoms. The van der Waals surface area contributed by atoms with Gasteiger partial charge < -0.3 is 13.2 Å². The molecule has 0 N–H and O–H groups in total. The quantitative estimate of drug-likeness (QED) is 0.346. The molecular formula is C18H34Ti+2. The Morgan fingerprint density at radius 1 is 0.474 bits per heavy atom. The van der Waals surface area contributed by atoms with E-state index in [1.54, 1.807) is 0 Å². The monoisotopic (exact) mass is 298 g/mol. The standard InChI is InChI=1S/2C5H10.2C4H7.Ti/c2*1-2-4-5-3-1;2*1-4(2)3;/h2*1-5H2;2*1H,2-3H3;/q;;2*-1;+4. The molecular weight excluding hydrogens is 264 g/mol. The molecule has 0 unspecified atom stereocenters. The second-order valence-electron chi connectivity index (χ2n) is 5.69. The van der Waals surface area contributed by atoms with Crippen molar-refractivity contribution in [3.05, 3.63) is 24.3 Å². The minimum absolute atomic E-state index is 0. The molecule has 2 aliphatic carbocycles. The molecule has 0 spiro atoms. The molecule has 0 amide bonds. The second-order valence-corrected chi connectivity index (χ2v) is 5.69. The molecule has 0 radical (unpaired) electrons. The number of rotatable bonds is 0. The van der Waals surface area contributed by atoms with Crippen LogP contribution in [0.4, 0.5) is 0 Å². The minimum Gasteiger partial charge on any atom is -0.515 e. The van der Waals surface area contributed by atoms with Crippen LogP contribution in [-0.4, -0.2) is 0 Å². The Hall–Kier alpha value is 0.194. The van der Waals surface area contributed by atoms with Gasteiger partial charge in [0, 0.05) is 0 Å². The average molecular weight is 298 g/mol. The second kappa shape index (κ2) is 20.5. The molecule has 108 valence electrons. The zero-order valence-corrected chi connectivity index (χ0v) is 15.3. The molecule has 1 heteroatoms. The first-order chi connectivity index (χ1) is 8.46. The van der Waals surface area contributed by atoms with Gasteiger partial charge in [-0.3, -0.25) is 11.1 Å². The Balaban J connectivity index is -0.000000178. The van der Waals surface area contributed by atoms with Crippen molar-refractivity contribution in [1.29, 1.82) is 0 Å². The van der Waals surface area contributed by atoms with Crippen molar-refractivity contribution >= 4 is 0 Å². The Bertz CT molecular complexity index is 141. The number of allylic oxidation sites excluding steroid dienone is 2. The maximum Gasteiger partial charge on any atom is 4.00 e. The molecule has 0 heterocycles. The summed E-state index contributed by atoms with van der Waals surface area (Å²) in [5.41, 5.74) is 1.83. The van der Waals surface area contributed by atoms with E-state index in [0.29, 0.717) is 0 Å². The first-order valence-corrected chi connectivity index (χ1v) is 7.58. The molecule has 0 aromatic heterocycles. The van der Waals surface area contributed by atoms with Crippen LogP contribution in [0.15, 0.2) is 11.1 Å². The van der Waals surface area contributed by atoms with Crippen LogP contribution in [0.25, 0.3) is 0 Å². The van der Waals surface area contributed by atoms with Crippen molar-refractivity contribution in [1.82, 2.24) is 0 Å². The fourth-order valence-electron chi connectivity index (χ4n) is 1.77. The molecule has 2 rings (SSSR count). The smallest absolute Gasteiger partial charge is 0.515 e. The van der Waals surface area contributed by atoms with Gasteiger partial charge >= 0.3 is 21.7 Å². The zero-order chi connectivity index (χ0) is 14.2. The van der Waals surface area contributed by atoms with E-state index in [1.165, 1.54) is 64.2 Å². The van der Waals surface area contributed by atoms with Gasteiger partial charge in [0.25, 0.3) is 0 Å². The van der Waals surface area contributed by atoms with E-state index in [1.807, 2.05) is 27.7 Å². The Kier molecular flexibility index (Phi) is 26.2. The molecule has 2 saturated carbocycles. The molecule has 0 aromatic rings. The van der Waals surface area contributed by atoms with Crippen LogP contribution < -0.4 is 0 Å². The van der Waals surface area contributed by atoms with Crippen molar-refractivity contribution in [2.45, 2.75) is 91.9 Å². The first kappa shape index (κ1) is 24.2. The fraction of sp³-hybridized carbons (Fsp3) is 0.778. The van der Waals surface area contributed by atoms with Gasteiger partial charge in [-0.25, -0.2) is 0 Å². The summed E-state index contributed by atoms with van der Waals surface area (Å²) in [6, 6.07) is 0. The third-order valence-corrected chi connectivity index (χ3v) is 2.50. The molecule has 0 aromatic carbocycles. The summed E-state index contributed by atoms with van der Waals surface area (Å²) in [4.78, 5) is 0. The summed E-state index contributed by atoms with van der Waals surface area (Å²) >= 11 is 0. The van der Waals surface area contributed by atoms with E-state index in [4.69, 9.17) is 13.2 Å². The van der Waals surface area contributed by atoms with Crippen molar-refractivity contribution in [3.8, 4) is 0 Å². The SMILES string of the molecule is C1CCCC1.C1CCCC1.[CH-]=C(C)C.[CH-]=C(C)C.[Ti+4]. The van der Waals surface area contributed by atoms with Gasteiger partial charge in [0.2, 0.25) is 0 Å². The van der Waals surface area contributed by atoms with Crippen LogP contribution in [0.2, 0.25) is 0 Å². The molecule has 0 atom stereocenters. The van der Waals surface area contributed by atoms with Crippen molar-refractivity contribution in [2.75, 3.05) is 0 Å². The number of hydrogen-bond donors (Lipinski definition) is 0. The summed E-state index contributed by atoms with van der Waals surface area (Å²) < 4.78 is 0. The maximum atomic E-state index is 5.03. The third-order valence-electron chi connectivity index (χ3n) is 2.50. The topological polar surface area (TPSA) is 0 Å². The molecule has 2 fully saturated rings. The van der Waals surface area contributed by atoms with Crippen LogP contribution in [-0.2, 0) is 21.7 Å². The number of hydrogen-bond acceptors (Lipinski definition) is 0. The minimum atomic E-state index is 0. The van der Waals surface area contributed by atoms with Gasteiger partial charge in [-0.2, -0.15) is 0 Å². The third kappa shape index (κ3) is 45.9. The van der Waals surface area contributed by atoms with Gasteiger partial charge in [-0.1, -0.05) is 91.9 Å². The van der Waals surface area contributed by atoms with Crippen LogP contribution >= 0.6 is 0 Å². The van der Waals surface area contributed by atoms with Crippen molar-refractivity contribution < 1.29 is 21.7 Å².